The Kier molecular flexibility index (Phi) is 5.31. The van der Waals surface area contributed by atoms with Crippen LogP contribution in [-0.4, -0.2) is 6.61 Å². The second-order valence-corrected chi connectivity index (χ2v) is 6.03. The van der Waals surface area contributed by atoms with E-state index in [4.69, 9.17) is 15.2 Å². The highest BCUT2D eigenvalue weighted by Crippen LogP contribution is 2.34. The molecule has 0 atom stereocenters. The van der Waals surface area contributed by atoms with E-state index in [0.29, 0.717) is 18.0 Å². The Labute approximate surface area is 135 Å². The average molecular weight is 401 g/mol. The minimum Gasteiger partial charge on any atom is -0.493 e. The van der Waals surface area contributed by atoms with E-state index in [1.54, 1.807) is 12.1 Å². The van der Waals surface area contributed by atoms with Gasteiger partial charge in [0.1, 0.15) is 17.2 Å². The third-order valence-corrected chi connectivity index (χ3v) is 3.61. The summed E-state index contributed by atoms with van der Waals surface area (Å²) in [6, 6.07) is 11.1. The molecular formula is C15H15Br2NO2. The first-order chi connectivity index (χ1) is 9.58. The van der Waals surface area contributed by atoms with Crippen LogP contribution in [0.5, 0.6) is 17.2 Å². The molecule has 0 aliphatic rings. The highest BCUT2D eigenvalue weighted by molar-refractivity contribution is 9.11. The van der Waals surface area contributed by atoms with Crippen molar-refractivity contribution in [2.45, 2.75) is 13.3 Å². The van der Waals surface area contributed by atoms with Crippen LogP contribution in [0.3, 0.4) is 0 Å². The minimum atomic E-state index is 0.613. The zero-order valence-corrected chi connectivity index (χ0v) is 14.2. The van der Waals surface area contributed by atoms with Crippen molar-refractivity contribution in [2.24, 2.45) is 0 Å². The molecule has 3 nitrogen and oxygen atoms in total. The molecule has 0 aliphatic carbocycles. The molecular weight excluding hydrogens is 386 g/mol. The molecule has 0 heterocycles. The van der Waals surface area contributed by atoms with Crippen molar-refractivity contribution in [1.82, 2.24) is 0 Å². The van der Waals surface area contributed by atoms with Gasteiger partial charge in [0.25, 0.3) is 0 Å². The molecule has 0 saturated heterocycles. The van der Waals surface area contributed by atoms with Gasteiger partial charge in [-0.2, -0.15) is 0 Å². The molecule has 2 aromatic carbocycles. The van der Waals surface area contributed by atoms with E-state index in [1.807, 2.05) is 24.3 Å². The van der Waals surface area contributed by atoms with Crippen molar-refractivity contribution < 1.29 is 9.47 Å². The molecule has 0 unspecified atom stereocenters. The van der Waals surface area contributed by atoms with Crippen molar-refractivity contribution in [3.63, 3.8) is 0 Å². The highest BCUT2D eigenvalue weighted by Gasteiger charge is 2.06. The van der Waals surface area contributed by atoms with Crippen molar-refractivity contribution in [3.05, 3.63) is 45.3 Å². The molecule has 0 spiro atoms. The number of rotatable bonds is 5. The SMILES string of the molecule is CCCOc1cc(N)cc(Oc2ccc(Br)cc2Br)c1. The van der Waals surface area contributed by atoms with E-state index in [2.05, 4.69) is 38.8 Å². The third-order valence-electron chi connectivity index (χ3n) is 2.50. The van der Waals surface area contributed by atoms with Gasteiger partial charge in [-0.1, -0.05) is 22.9 Å². The maximum absolute atomic E-state index is 5.87. The van der Waals surface area contributed by atoms with Gasteiger partial charge in [0.05, 0.1) is 11.1 Å². The van der Waals surface area contributed by atoms with Crippen LogP contribution in [0.1, 0.15) is 13.3 Å². The van der Waals surface area contributed by atoms with Crippen LogP contribution >= 0.6 is 31.9 Å². The fourth-order valence-electron chi connectivity index (χ4n) is 1.64. The van der Waals surface area contributed by atoms with Crippen molar-refractivity contribution >= 4 is 37.5 Å². The fraction of sp³-hybridized carbons (Fsp3) is 0.200. The molecule has 0 aromatic heterocycles. The van der Waals surface area contributed by atoms with Gasteiger partial charge in [-0.15, -0.1) is 0 Å². The lowest BCUT2D eigenvalue weighted by Gasteiger charge is -2.11. The van der Waals surface area contributed by atoms with Gasteiger partial charge >= 0.3 is 0 Å². The molecule has 0 radical (unpaired) electrons. The summed E-state index contributed by atoms with van der Waals surface area (Å²) in [6.45, 7) is 2.72. The minimum absolute atomic E-state index is 0.613. The molecule has 0 bridgehead atoms. The Morgan fingerprint density at radius 2 is 1.80 bits per heavy atom. The second-order valence-electron chi connectivity index (χ2n) is 4.26. The number of hydrogen-bond donors (Lipinski definition) is 1. The van der Waals surface area contributed by atoms with Crippen LogP contribution in [0.25, 0.3) is 0 Å². The number of ether oxygens (including phenoxy) is 2. The lowest BCUT2D eigenvalue weighted by molar-refractivity contribution is 0.316. The Morgan fingerprint density at radius 3 is 2.50 bits per heavy atom. The normalized spacial score (nSPS) is 10.3. The van der Waals surface area contributed by atoms with Gasteiger partial charge in [0, 0.05) is 28.4 Å². The number of hydrogen-bond acceptors (Lipinski definition) is 3. The van der Waals surface area contributed by atoms with Crippen LogP contribution in [0.4, 0.5) is 5.69 Å². The molecule has 106 valence electrons. The molecule has 0 aliphatic heterocycles. The summed E-state index contributed by atoms with van der Waals surface area (Å²) in [5.41, 5.74) is 6.48. The summed E-state index contributed by atoms with van der Waals surface area (Å²) in [4.78, 5) is 0. The summed E-state index contributed by atoms with van der Waals surface area (Å²) >= 11 is 6.87. The van der Waals surface area contributed by atoms with Crippen molar-refractivity contribution in [2.75, 3.05) is 12.3 Å². The molecule has 0 fully saturated rings. The Morgan fingerprint density at radius 1 is 1.05 bits per heavy atom. The van der Waals surface area contributed by atoms with Gasteiger partial charge in [-0.3, -0.25) is 0 Å². The Bertz CT molecular complexity index is 602. The molecule has 2 aromatic rings. The first-order valence-corrected chi connectivity index (χ1v) is 7.83. The number of nitrogen functional groups attached to an aromatic ring is 1. The Balaban J connectivity index is 2.21. The van der Waals surface area contributed by atoms with Gasteiger partial charge in [0.15, 0.2) is 0 Å². The van der Waals surface area contributed by atoms with Crippen molar-refractivity contribution in [1.29, 1.82) is 0 Å². The largest absolute Gasteiger partial charge is 0.493 e. The van der Waals surface area contributed by atoms with Crippen LogP contribution in [0.2, 0.25) is 0 Å². The van der Waals surface area contributed by atoms with E-state index in [0.717, 1.165) is 26.9 Å². The summed E-state index contributed by atoms with van der Waals surface area (Å²) in [7, 11) is 0. The molecule has 20 heavy (non-hydrogen) atoms. The first-order valence-electron chi connectivity index (χ1n) is 6.24. The van der Waals surface area contributed by atoms with Gasteiger partial charge in [-0.05, 0) is 40.5 Å². The molecule has 2 rings (SSSR count). The number of nitrogens with two attached hydrogens (primary N) is 1. The van der Waals surface area contributed by atoms with Crippen LogP contribution in [-0.2, 0) is 0 Å². The maximum atomic E-state index is 5.87. The predicted octanol–water partition coefficient (Wildman–Crippen LogP) is 5.37. The van der Waals surface area contributed by atoms with E-state index >= 15 is 0 Å². The first kappa shape index (κ1) is 15.2. The summed E-state index contributed by atoms with van der Waals surface area (Å²) in [5.74, 6) is 2.09. The molecule has 0 saturated carbocycles. The van der Waals surface area contributed by atoms with Gasteiger partial charge in [-0.25, -0.2) is 0 Å². The lowest BCUT2D eigenvalue weighted by Crippen LogP contribution is -1.97. The number of anilines is 1. The Hall–Kier alpha value is -1.20. The summed E-state index contributed by atoms with van der Waals surface area (Å²) in [5, 5.41) is 0. The zero-order valence-electron chi connectivity index (χ0n) is 11.0. The number of halogens is 2. The fourth-order valence-corrected chi connectivity index (χ4v) is 2.77. The summed E-state index contributed by atoms with van der Waals surface area (Å²) in [6.07, 6.45) is 0.948. The lowest BCUT2D eigenvalue weighted by atomic mass is 10.3. The second kappa shape index (κ2) is 6.99. The molecule has 2 N–H and O–H groups in total. The van der Waals surface area contributed by atoms with Gasteiger partial charge in [0.2, 0.25) is 0 Å². The standard InChI is InChI=1S/C15H15Br2NO2/c1-2-5-19-12-7-11(18)8-13(9-12)20-15-4-3-10(16)6-14(15)17/h3-4,6-9H,2,5,18H2,1H3. The highest BCUT2D eigenvalue weighted by atomic mass is 79.9. The maximum Gasteiger partial charge on any atom is 0.141 e. The molecule has 0 amide bonds. The van der Waals surface area contributed by atoms with Crippen LogP contribution in [0.15, 0.2) is 45.3 Å². The number of benzene rings is 2. The smallest absolute Gasteiger partial charge is 0.141 e. The molecule has 5 heteroatoms. The monoisotopic (exact) mass is 399 g/mol. The van der Waals surface area contributed by atoms with Crippen LogP contribution < -0.4 is 15.2 Å². The zero-order chi connectivity index (χ0) is 14.5. The summed E-state index contributed by atoms with van der Waals surface area (Å²) < 4.78 is 13.3. The quantitative estimate of drug-likeness (QED) is 0.685. The third kappa shape index (κ3) is 4.15. The van der Waals surface area contributed by atoms with Crippen LogP contribution in [0, 0.1) is 0 Å². The topological polar surface area (TPSA) is 44.5 Å². The van der Waals surface area contributed by atoms with Crippen molar-refractivity contribution in [3.8, 4) is 17.2 Å². The van der Waals surface area contributed by atoms with E-state index in [-0.39, 0.29) is 0 Å². The van der Waals surface area contributed by atoms with Gasteiger partial charge < -0.3 is 15.2 Å². The van der Waals surface area contributed by atoms with E-state index in [9.17, 15) is 0 Å². The van der Waals surface area contributed by atoms with E-state index < -0.39 is 0 Å². The average Bonchev–Trinajstić information content (AvgIpc) is 2.39. The van der Waals surface area contributed by atoms with E-state index in [1.165, 1.54) is 0 Å². The predicted molar refractivity (Wildman–Crippen MR) is 88.6 cm³/mol.